The third kappa shape index (κ3) is 3.96. The highest BCUT2D eigenvalue weighted by molar-refractivity contribution is 7.12. The summed E-state index contributed by atoms with van der Waals surface area (Å²) >= 11 is 1.46. The fraction of sp³-hybridized carbons (Fsp3) is 0.389. The molecule has 2 heterocycles. The maximum Gasteiger partial charge on any atom is 0.265 e. The van der Waals surface area contributed by atoms with E-state index in [2.05, 4.69) is 29.3 Å². The van der Waals surface area contributed by atoms with Gasteiger partial charge in [-0.2, -0.15) is 0 Å². The minimum Gasteiger partial charge on any atom is -0.321 e. The van der Waals surface area contributed by atoms with Crippen LogP contribution in [0.25, 0.3) is 0 Å². The number of hydrogen-bond donors (Lipinski definition) is 1. The first-order valence-electron chi connectivity index (χ1n) is 7.87. The summed E-state index contributed by atoms with van der Waals surface area (Å²) in [7, 11) is 0. The molecule has 0 unspecified atom stereocenters. The van der Waals surface area contributed by atoms with Gasteiger partial charge in [0, 0.05) is 12.2 Å². The summed E-state index contributed by atoms with van der Waals surface area (Å²) in [6, 6.07) is 11.9. The van der Waals surface area contributed by atoms with Gasteiger partial charge in [0.05, 0.1) is 4.88 Å². The number of piperidine rings is 1. The Balaban J connectivity index is 1.55. The van der Waals surface area contributed by atoms with Crippen molar-refractivity contribution in [3.05, 3.63) is 52.2 Å². The Morgan fingerprint density at radius 2 is 1.95 bits per heavy atom. The summed E-state index contributed by atoms with van der Waals surface area (Å²) in [6.45, 7) is 5.73. The third-order valence-corrected chi connectivity index (χ3v) is 5.11. The molecule has 1 aliphatic heterocycles. The highest BCUT2D eigenvalue weighted by Gasteiger charge is 2.15. The van der Waals surface area contributed by atoms with Crippen LogP contribution in [-0.2, 0) is 6.54 Å². The first-order valence-corrected chi connectivity index (χ1v) is 8.75. The normalized spacial score (nSPS) is 16.6. The molecule has 116 valence electrons. The lowest BCUT2D eigenvalue weighted by atomic mass is 9.99. The van der Waals surface area contributed by atoms with Gasteiger partial charge in [-0.15, -0.1) is 11.3 Å². The Kier molecular flexibility index (Phi) is 4.90. The van der Waals surface area contributed by atoms with Crippen molar-refractivity contribution in [1.29, 1.82) is 0 Å². The average Bonchev–Trinajstić information content (AvgIpc) is 3.06. The number of benzene rings is 1. The van der Waals surface area contributed by atoms with Gasteiger partial charge >= 0.3 is 0 Å². The number of nitrogens with zero attached hydrogens (tertiary/aromatic N) is 1. The first-order chi connectivity index (χ1) is 10.7. The van der Waals surface area contributed by atoms with E-state index in [1.807, 2.05) is 29.6 Å². The Labute approximate surface area is 136 Å². The van der Waals surface area contributed by atoms with Crippen LogP contribution in [0.2, 0.25) is 0 Å². The third-order valence-electron chi connectivity index (χ3n) is 4.24. The highest BCUT2D eigenvalue weighted by Crippen LogP contribution is 2.19. The fourth-order valence-corrected chi connectivity index (χ4v) is 3.39. The van der Waals surface area contributed by atoms with Gasteiger partial charge in [0.1, 0.15) is 0 Å². The van der Waals surface area contributed by atoms with Gasteiger partial charge in [-0.3, -0.25) is 9.69 Å². The second-order valence-electron chi connectivity index (χ2n) is 6.09. The summed E-state index contributed by atoms with van der Waals surface area (Å²) in [6.07, 6.45) is 2.60. The molecular formula is C18H22N2OS. The highest BCUT2D eigenvalue weighted by atomic mass is 32.1. The Hall–Kier alpha value is -1.65. The lowest BCUT2D eigenvalue weighted by molar-refractivity contribution is 0.103. The molecule has 0 saturated carbocycles. The van der Waals surface area contributed by atoms with E-state index in [1.54, 1.807) is 0 Å². The monoisotopic (exact) mass is 314 g/mol. The number of amides is 1. The molecule has 3 rings (SSSR count). The smallest absolute Gasteiger partial charge is 0.265 e. The maximum absolute atomic E-state index is 12.0. The molecule has 2 aromatic rings. The van der Waals surface area contributed by atoms with Crippen LogP contribution in [0.3, 0.4) is 0 Å². The molecule has 3 nitrogen and oxygen atoms in total. The molecule has 1 saturated heterocycles. The van der Waals surface area contributed by atoms with E-state index in [1.165, 1.54) is 42.8 Å². The van der Waals surface area contributed by atoms with Gasteiger partial charge in [-0.25, -0.2) is 0 Å². The number of nitrogens with one attached hydrogen (secondary N) is 1. The van der Waals surface area contributed by atoms with Crippen LogP contribution in [0.4, 0.5) is 5.69 Å². The van der Waals surface area contributed by atoms with Crippen LogP contribution >= 0.6 is 11.3 Å². The molecule has 0 spiro atoms. The number of rotatable bonds is 4. The van der Waals surface area contributed by atoms with Crippen LogP contribution < -0.4 is 5.32 Å². The molecule has 0 aliphatic carbocycles. The van der Waals surface area contributed by atoms with Gasteiger partial charge in [0.2, 0.25) is 0 Å². The van der Waals surface area contributed by atoms with E-state index in [4.69, 9.17) is 0 Å². The summed E-state index contributed by atoms with van der Waals surface area (Å²) in [4.78, 5) is 15.3. The molecule has 1 amide bonds. The standard InChI is InChI=1S/C18H22N2OS/c1-14-8-10-20(11-9-14)13-15-4-6-16(7-5-15)19-18(21)17-3-2-12-22-17/h2-7,12,14H,8-11,13H2,1H3,(H,19,21). The van der Waals surface area contributed by atoms with Crippen molar-refractivity contribution in [2.45, 2.75) is 26.3 Å². The molecule has 1 aliphatic rings. The number of hydrogen-bond acceptors (Lipinski definition) is 3. The largest absolute Gasteiger partial charge is 0.321 e. The van der Waals surface area contributed by atoms with Crippen molar-refractivity contribution in [2.24, 2.45) is 5.92 Å². The van der Waals surface area contributed by atoms with Crippen molar-refractivity contribution in [3.63, 3.8) is 0 Å². The molecule has 0 bridgehead atoms. The van der Waals surface area contributed by atoms with Crippen molar-refractivity contribution in [2.75, 3.05) is 18.4 Å². The number of carbonyl (C=O) groups excluding carboxylic acids is 1. The average molecular weight is 314 g/mol. The second-order valence-corrected chi connectivity index (χ2v) is 7.03. The van der Waals surface area contributed by atoms with Gasteiger partial charge in [0.25, 0.3) is 5.91 Å². The Bertz CT molecular complexity index is 599. The van der Waals surface area contributed by atoms with Crippen molar-refractivity contribution in [1.82, 2.24) is 4.90 Å². The molecule has 1 aromatic heterocycles. The maximum atomic E-state index is 12.0. The quantitative estimate of drug-likeness (QED) is 0.916. The molecule has 1 fully saturated rings. The van der Waals surface area contributed by atoms with Gasteiger partial charge in [-0.1, -0.05) is 25.1 Å². The second kappa shape index (κ2) is 7.07. The molecule has 0 radical (unpaired) electrons. The zero-order valence-corrected chi connectivity index (χ0v) is 13.7. The van der Waals surface area contributed by atoms with E-state index < -0.39 is 0 Å². The minimum absolute atomic E-state index is 0.0345. The number of carbonyl (C=O) groups is 1. The van der Waals surface area contributed by atoms with Crippen molar-refractivity contribution in [3.8, 4) is 0 Å². The van der Waals surface area contributed by atoms with E-state index in [-0.39, 0.29) is 5.91 Å². The van der Waals surface area contributed by atoms with Gasteiger partial charge in [0.15, 0.2) is 0 Å². The van der Waals surface area contributed by atoms with Crippen molar-refractivity contribution >= 4 is 22.9 Å². The fourth-order valence-electron chi connectivity index (χ4n) is 2.77. The predicted octanol–water partition coefficient (Wildman–Crippen LogP) is 4.23. The zero-order chi connectivity index (χ0) is 15.4. The number of likely N-dealkylation sites (tertiary alicyclic amines) is 1. The summed E-state index contributed by atoms with van der Waals surface area (Å²) < 4.78 is 0. The molecule has 4 heteroatoms. The number of thiophene rings is 1. The molecule has 1 N–H and O–H groups in total. The molecule has 1 aromatic carbocycles. The zero-order valence-electron chi connectivity index (χ0n) is 12.9. The minimum atomic E-state index is -0.0345. The summed E-state index contributed by atoms with van der Waals surface area (Å²) in [5.41, 5.74) is 2.16. The molecular weight excluding hydrogens is 292 g/mol. The van der Waals surface area contributed by atoms with Crippen molar-refractivity contribution < 1.29 is 4.79 Å². The predicted molar refractivity (Wildman–Crippen MR) is 92.4 cm³/mol. The molecule has 0 atom stereocenters. The van der Waals surface area contributed by atoms with E-state index in [0.29, 0.717) is 0 Å². The van der Waals surface area contributed by atoms with E-state index in [0.717, 1.165) is 23.0 Å². The van der Waals surface area contributed by atoms with E-state index in [9.17, 15) is 4.79 Å². The summed E-state index contributed by atoms with van der Waals surface area (Å²) in [5, 5.41) is 4.85. The van der Waals surface area contributed by atoms with Gasteiger partial charge < -0.3 is 5.32 Å². The van der Waals surface area contributed by atoms with Gasteiger partial charge in [-0.05, 0) is 61.0 Å². The topological polar surface area (TPSA) is 32.3 Å². The van der Waals surface area contributed by atoms with Crippen LogP contribution in [0.15, 0.2) is 41.8 Å². The Morgan fingerprint density at radius 1 is 1.23 bits per heavy atom. The summed E-state index contributed by atoms with van der Waals surface area (Å²) in [5.74, 6) is 0.832. The SMILES string of the molecule is CC1CCN(Cc2ccc(NC(=O)c3cccs3)cc2)CC1. The number of anilines is 1. The Morgan fingerprint density at radius 3 is 2.59 bits per heavy atom. The lowest BCUT2D eigenvalue weighted by Crippen LogP contribution is -2.32. The first kappa shape index (κ1) is 15.3. The lowest BCUT2D eigenvalue weighted by Gasteiger charge is -2.30. The van der Waals surface area contributed by atoms with Crippen LogP contribution in [0.5, 0.6) is 0 Å². The van der Waals surface area contributed by atoms with Crippen LogP contribution in [-0.4, -0.2) is 23.9 Å². The van der Waals surface area contributed by atoms with Crippen LogP contribution in [0.1, 0.15) is 35.0 Å². The van der Waals surface area contributed by atoms with E-state index >= 15 is 0 Å². The molecule has 22 heavy (non-hydrogen) atoms. The van der Waals surface area contributed by atoms with Crippen LogP contribution in [0, 0.1) is 5.92 Å².